The molecule has 0 aliphatic heterocycles. The third kappa shape index (κ3) is 5.01. The van der Waals surface area contributed by atoms with Crippen LogP contribution in [-0.2, 0) is 0 Å². The molecule has 82 valence electrons. The Hall–Kier alpha value is -0.780. The molecule has 1 aromatic heterocycles. The van der Waals surface area contributed by atoms with Crippen LogP contribution in [0.3, 0.4) is 0 Å². The Balaban J connectivity index is 2.47. The summed E-state index contributed by atoms with van der Waals surface area (Å²) in [5.41, 5.74) is -0.834. The molecule has 0 fully saturated rings. The van der Waals surface area contributed by atoms with E-state index >= 15 is 0 Å². The van der Waals surface area contributed by atoms with Gasteiger partial charge in [-0.1, -0.05) is 37.7 Å². The maximum Gasteiger partial charge on any atom is 0.123 e. The first kappa shape index (κ1) is 12.3. The number of thiophene rings is 1. The quantitative estimate of drug-likeness (QED) is 0.611. The number of hydrogen-bond acceptors (Lipinski definition) is 2. The lowest BCUT2D eigenvalue weighted by atomic mass is 9.99. The van der Waals surface area contributed by atoms with Crippen molar-refractivity contribution >= 4 is 11.3 Å². The maximum absolute atomic E-state index is 9.97. The Morgan fingerprint density at radius 1 is 1.47 bits per heavy atom. The van der Waals surface area contributed by atoms with Gasteiger partial charge < -0.3 is 5.11 Å². The second kappa shape index (κ2) is 5.95. The van der Waals surface area contributed by atoms with Gasteiger partial charge in [0.25, 0.3) is 0 Å². The molecule has 1 heterocycles. The Bertz CT molecular complexity index is 327. The molecule has 0 amide bonds. The van der Waals surface area contributed by atoms with E-state index in [9.17, 15) is 5.11 Å². The van der Waals surface area contributed by atoms with E-state index in [0.717, 1.165) is 24.1 Å². The van der Waals surface area contributed by atoms with Crippen LogP contribution in [0.5, 0.6) is 0 Å². The summed E-state index contributed by atoms with van der Waals surface area (Å²) < 4.78 is 0. The van der Waals surface area contributed by atoms with Gasteiger partial charge >= 0.3 is 0 Å². The molecule has 1 aromatic rings. The Labute approximate surface area is 96.1 Å². The number of rotatable bonds is 4. The molecule has 0 radical (unpaired) electrons. The minimum Gasteiger partial charge on any atom is -0.378 e. The normalized spacial score (nSPS) is 14.1. The molecule has 0 spiro atoms. The summed E-state index contributed by atoms with van der Waals surface area (Å²) in [5.74, 6) is 5.95. The van der Waals surface area contributed by atoms with Crippen LogP contribution in [0.2, 0.25) is 0 Å². The smallest absolute Gasteiger partial charge is 0.123 e. The van der Waals surface area contributed by atoms with Gasteiger partial charge in [-0.05, 0) is 31.2 Å². The average molecular weight is 222 g/mol. The molecule has 0 aliphatic carbocycles. The molecule has 1 nitrogen and oxygen atoms in total. The third-order valence-electron chi connectivity index (χ3n) is 2.24. The van der Waals surface area contributed by atoms with Gasteiger partial charge in [-0.2, -0.15) is 0 Å². The fourth-order valence-electron chi connectivity index (χ4n) is 1.33. The second-order valence-corrected chi connectivity index (χ2v) is 4.91. The van der Waals surface area contributed by atoms with E-state index in [-0.39, 0.29) is 0 Å². The molecular formula is C13H18OS. The van der Waals surface area contributed by atoms with Gasteiger partial charge in [-0.25, -0.2) is 0 Å². The monoisotopic (exact) mass is 222 g/mol. The summed E-state index contributed by atoms with van der Waals surface area (Å²) in [6, 6.07) is 3.94. The highest BCUT2D eigenvalue weighted by molar-refractivity contribution is 7.10. The zero-order valence-electron chi connectivity index (χ0n) is 9.42. The molecule has 2 heteroatoms. The Morgan fingerprint density at radius 2 is 2.27 bits per heavy atom. The summed E-state index contributed by atoms with van der Waals surface area (Å²) in [7, 11) is 0. The summed E-state index contributed by atoms with van der Waals surface area (Å²) in [4.78, 5) is 1.02. The Kier molecular flexibility index (Phi) is 4.87. The standard InChI is InChI=1S/C13H18OS/c1-3-4-5-9-13(2,14)10-8-12-7-6-11-15-12/h6-7,11,14H,3-5,9H2,1-2H3. The first-order valence-corrected chi connectivity index (χ1v) is 6.31. The fourth-order valence-corrected chi connectivity index (χ4v) is 1.90. The summed E-state index contributed by atoms with van der Waals surface area (Å²) in [6.45, 7) is 3.95. The lowest BCUT2D eigenvalue weighted by Crippen LogP contribution is -2.21. The fraction of sp³-hybridized carbons (Fsp3) is 0.538. The minimum absolute atomic E-state index is 0.763. The zero-order valence-corrected chi connectivity index (χ0v) is 10.2. The lowest BCUT2D eigenvalue weighted by molar-refractivity contribution is 0.109. The average Bonchev–Trinajstić information content (AvgIpc) is 2.68. The van der Waals surface area contributed by atoms with Gasteiger partial charge in [-0.3, -0.25) is 0 Å². The molecular weight excluding hydrogens is 204 g/mol. The van der Waals surface area contributed by atoms with Gasteiger partial charge in [0.05, 0.1) is 4.88 Å². The molecule has 1 rings (SSSR count). The van der Waals surface area contributed by atoms with Crippen molar-refractivity contribution in [3.8, 4) is 11.8 Å². The van der Waals surface area contributed by atoms with Crippen molar-refractivity contribution in [1.82, 2.24) is 0 Å². The molecule has 0 saturated carbocycles. The van der Waals surface area contributed by atoms with Crippen molar-refractivity contribution in [2.75, 3.05) is 0 Å². The predicted octanol–water partition coefficient (Wildman–Crippen LogP) is 3.43. The highest BCUT2D eigenvalue weighted by atomic mass is 32.1. The van der Waals surface area contributed by atoms with Gasteiger partial charge in [0.2, 0.25) is 0 Å². The first-order chi connectivity index (χ1) is 7.14. The third-order valence-corrected chi connectivity index (χ3v) is 3.03. The highest BCUT2D eigenvalue weighted by Crippen LogP contribution is 2.14. The number of unbranched alkanes of at least 4 members (excludes halogenated alkanes) is 2. The van der Waals surface area contributed by atoms with E-state index in [2.05, 4.69) is 18.8 Å². The van der Waals surface area contributed by atoms with E-state index in [1.807, 2.05) is 17.5 Å². The lowest BCUT2D eigenvalue weighted by Gasteiger charge is -2.15. The van der Waals surface area contributed by atoms with E-state index in [0.29, 0.717) is 0 Å². The molecule has 1 atom stereocenters. The molecule has 0 aliphatic rings. The SMILES string of the molecule is CCCCCC(C)(O)C#Cc1cccs1. The van der Waals surface area contributed by atoms with Crippen molar-refractivity contribution in [3.05, 3.63) is 22.4 Å². The van der Waals surface area contributed by atoms with Gasteiger partial charge in [0.1, 0.15) is 5.60 Å². The summed E-state index contributed by atoms with van der Waals surface area (Å²) in [5, 5.41) is 12.0. The largest absolute Gasteiger partial charge is 0.378 e. The highest BCUT2D eigenvalue weighted by Gasteiger charge is 2.15. The van der Waals surface area contributed by atoms with Crippen LogP contribution in [0.25, 0.3) is 0 Å². The van der Waals surface area contributed by atoms with Crippen LogP contribution >= 0.6 is 11.3 Å². The molecule has 1 unspecified atom stereocenters. The van der Waals surface area contributed by atoms with Gasteiger partial charge in [-0.15, -0.1) is 11.3 Å². The van der Waals surface area contributed by atoms with E-state index in [4.69, 9.17) is 0 Å². The first-order valence-electron chi connectivity index (χ1n) is 5.43. The van der Waals surface area contributed by atoms with E-state index in [1.54, 1.807) is 18.3 Å². The van der Waals surface area contributed by atoms with E-state index < -0.39 is 5.60 Å². The van der Waals surface area contributed by atoms with Crippen LogP contribution in [0.15, 0.2) is 17.5 Å². The molecule has 0 aromatic carbocycles. The van der Waals surface area contributed by atoms with Gasteiger partial charge in [0, 0.05) is 0 Å². The number of aliphatic hydroxyl groups is 1. The second-order valence-electron chi connectivity index (χ2n) is 3.96. The van der Waals surface area contributed by atoms with Crippen molar-refractivity contribution in [2.45, 2.75) is 45.1 Å². The molecule has 0 bridgehead atoms. The van der Waals surface area contributed by atoms with Crippen LogP contribution in [0.1, 0.15) is 44.4 Å². The van der Waals surface area contributed by atoms with Crippen LogP contribution in [0, 0.1) is 11.8 Å². The van der Waals surface area contributed by atoms with Crippen molar-refractivity contribution in [1.29, 1.82) is 0 Å². The zero-order chi connectivity index (χ0) is 11.1. The number of hydrogen-bond donors (Lipinski definition) is 1. The molecule has 15 heavy (non-hydrogen) atoms. The maximum atomic E-state index is 9.97. The molecule has 0 saturated heterocycles. The van der Waals surface area contributed by atoms with Crippen molar-refractivity contribution < 1.29 is 5.11 Å². The van der Waals surface area contributed by atoms with Gasteiger partial charge in [0.15, 0.2) is 0 Å². The Morgan fingerprint density at radius 3 is 2.87 bits per heavy atom. The van der Waals surface area contributed by atoms with Crippen LogP contribution in [0.4, 0.5) is 0 Å². The molecule has 1 N–H and O–H groups in total. The van der Waals surface area contributed by atoms with Crippen molar-refractivity contribution in [2.24, 2.45) is 0 Å². The summed E-state index contributed by atoms with van der Waals surface area (Å²) >= 11 is 1.61. The van der Waals surface area contributed by atoms with Crippen LogP contribution < -0.4 is 0 Å². The minimum atomic E-state index is -0.834. The van der Waals surface area contributed by atoms with Crippen molar-refractivity contribution in [3.63, 3.8) is 0 Å². The van der Waals surface area contributed by atoms with E-state index in [1.165, 1.54) is 6.42 Å². The topological polar surface area (TPSA) is 20.2 Å². The summed E-state index contributed by atoms with van der Waals surface area (Å²) in [6.07, 6.45) is 4.15. The predicted molar refractivity (Wildman–Crippen MR) is 66.0 cm³/mol. The van der Waals surface area contributed by atoms with Crippen LogP contribution in [-0.4, -0.2) is 10.7 Å².